The molecule has 114 valence electrons. The van der Waals surface area contributed by atoms with E-state index >= 15 is 0 Å². The van der Waals surface area contributed by atoms with Crippen LogP contribution in [0.25, 0.3) is 0 Å². The van der Waals surface area contributed by atoms with E-state index in [-0.39, 0.29) is 18.4 Å². The van der Waals surface area contributed by atoms with Gasteiger partial charge in [0.15, 0.2) is 0 Å². The maximum absolute atomic E-state index is 12.2. The van der Waals surface area contributed by atoms with Gasteiger partial charge in [-0.3, -0.25) is 9.59 Å². The Morgan fingerprint density at radius 3 is 2.48 bits per heavy atom. The van der Waals surface area contributed by atoms with Crippen molar-refractivity contribution in [2.24, 2.45) is 5.41 Å². The second-order valence-corrected chi connectivity index (χ2v) is 6.12. The largest absolute Gasteiger partial charge is 0.481 e. The number of hydrogen-bond acceptors (Lipinski definition) is 2. The van der Waals surface area contributed by atoms with Gasteiger partial charge >= 0.3 is 5.97 Å². The lowest BCUT2D eigenvalue weighted by Gasteiger charge is -2.24. The molecule has 2 rings (SSSR count). The summed E-state index contributed by atoms with van der Waals surface area (Å²) in [4.78, 5) is 23.7. The van der Waals surface area contributed by atoms with E-state index < -0.39 is 11.4 Å². The zero-order valence-electron chi connectivity index (χ0n) is 12.7. The molecule has 1 aromatic rings. The van der Waals surface area contributed by atoms with E-state index in [0.29, 0.717) is 12.8 Å². The first kappa shape index (κ1) is 15.5. The van der Waals surface area contributed by atoms with Gasteiger partial charge in [-0.25, -0.2) is 0 Å². The minimum atomic E-state index is -0.852. The van der Waals surface area contributed by atoms with Gasteiger partial charge in [-0.2, -0.15) is 0 Å². The fraction of sp³-hybridized carbons (Fsp3) is 0.529. The summed E-state index contributed by atoms with van der Waals surface area (Å²) in [5.41, 5.74) is 1.34. The van der Waals surface area contributed by atoms with Gasteiger partial charge in [-0.05, 0) is 37.8 Å². The maximum atomic E-state index is 12.2. The molecule has 0 saturated heterocycles. The van der Waals surface area contributed by atoms with Gasteiger partial charge in [0.05, 0.1) is 11.5 Å². The highest BCUT2D eigenvalue weighted by Crippen LogP contribution is 2.41. The van der Waals surface area contributed by atoms with Crippen LogP contribution in [-0.2, 0) is 9.59 Å². The molecule has 0 radical (unpaired) electrons. The Labute approximate surface area is 125 Å². The van der Waals surface area contributed by atoms with E-state index in [1.165, 1.54) is 0 Å². The van der Waals surface area contributed by atoms with Crippen molar-refractivity contribution in [2.45, 2.75) is 52.0 Å². The summed E-state index contributed by atoms with van der Waals surface area (Å²) in [6.07, 6.45) is 3.08. The number of aliphatic carboxylic acids is 1. The first-order valence-electron chi connectivity index (χ1n) is 7.53. The van der Waals surface area contributed by atoms with E-state index in [9.17, 15) is 14.7 Å². The second kappa shape index (κ2) is 6.29. The summed E-state index contributed by atoms with van der Waals surface area (Å²) in [6, 6.07) is 7.80. The van der Waals surface area contributed by atoms with E-state index in [4.69, 9.17) is 0 Å². The topological polar surface area (TPSA) is 66.4 Å². The fourth-order valence-corrected chi connectivity index (χ4v) is 3.27. The molecule has 1 atom stereocenters. The third-order valence-corrected chi connectivity index (χ3v) is 4.55. The average Bonchev–Trinajstić information content (AvgIpc) is 2.88. The van der Waals surface area contributed by atoms with Gasteiger partial charge in [0, 0.05) is 6.42 Å². The van der Waals surface area contributed by atoms with E-state index in [2.05, 4.69) is 5.32 Å². The van der Waals surface area contributed by atoms with Crippen LogP contribution in [0.3, 0.4) is 0 Å². The van der Waals surface area contributed by atoms with Crippen LogP contribution in [0.15, 0.2) is 24.3 Å². The van der Waals surface area contributed by atoms with Crippen LogP contribution in [0.4, 0.5) is 0 Å². The molecule has 1 amide bonds. The lowest BCUT2D eigenvalue weighted by molar-refractivity contribution is -0.151. The number of carboxylic acids is 1. The molecule has 0 heterocycles. The number of carboxylic acid groups (broad SMARTS) is 1. The van der Waals surface area contributed by atoms with Crippen molar-refractivity contribution in [1.82, 2.24) is 5.32 Å². The molecule has 1 aliphatic carbocycles. The molecule has 1 aliphatic rings. The first-order valence-corrected chi connectivity index (χ1v) is 7.53. The van der Waals surface area contributed by atoms with Crippen molar-refractivity contribution in [3.05, 3.63) is 35.4 Å². The van der Waals surface area contributed by atoms with Crippen molar-refractivity contribution in [2.75, 3.05) is 0 Å². The van der Waals surface area contributed by atoms with Gasteiger partial charge in [0.2, 0.25) is 5.91 Å². The van der Waals surface area contributed by atoms with Gasteiger partial charge in [0.1, 0.15) is 0 Å². The summed E-state index contributed by atoms with van der Waals surface area (Å²) < 4.78 is 0. The van der Waals surface area contributed by atoms with Crippen LogP contribution >= 0.6 is 0 Å². The molecule has 21 heavy (non-hydrogen) atoms. The number of nitrogens with one attached hydrogen (secondary N) is 1. The fourth-order valence-electron chi connectivity index (χ4n) is 3.27. The Bertz CT molecular complexity index is 533. The molecule has 0 aromatic heterocycles. The number of aryl methyl sites for hydroxylation is 1. The van der Waals surface area contributed by atoms with E-state index in [0.717, 1.165) is 24.0 Å². The average molecular weight is 289 g/mol. The van der Waals surface area contributed by atoms with Gasteiger partial charge in [0.25, 0.3) is 0 Å². The number of hydrogen-bond donors (Lipinski definition) is 2. The van der Waals surface area contributed by atoms with Gasteiger partial charge < -0.3 is 10.4 Å². The quantitative estimate of drug-likeness (QED) is 0.874. The molecule has 2 N–H and O–H groups in total. The molecular weight excluding hydrogens is 266 g/mol. The lowest BCUT2D eigenvalue weighted by atomic mass is 9.82. The Kier molecular flexibility index (Phi) is 4.66. The number of rotatable bonds is 5. The monoisotopic (exact) mass is 289 g/mol. The zero-order chi connectivity index (χ0) is 15.5. The summed E-state index contributed by atoms with van der Waals surface area (Å²) in [7, 11) is 0. The Morgan fingerprint density at radius 1 is 1.29 bits per heavy atom. The Balaban J connectivity index is 2.01. The Morgan fingerprint density at radius 2 is 1.90 bits per heavy atom. The zero-order valence-corrected chi connectivity index (χ0v) is 12.7. The minimum Gasteiger partial charge on any atom is -0.481 e. The number of benzene rings is 1. The molecular formula is C17H23NO3. The molecule has 4 nitrogen and oxygen atoms in total. The third-order valence-electron chi connectivity index (χ3n) is 4.55. The summed E-state index contributed by atoms with van der Waals surface area (Å²) >= 11 is 0. The highest BCUT2D eigenvalue weighted by Gasteiger charge is 2.43. The number of carbonyl (C=O) groups excluding carboxylic acids is 1. The lowest BCUT2D eigenvalue weighted by Crippen LogP contribution is -2.36. The van der Waals surface area contributed by atoms with Crippen molar-refractivity contribution < 1.29 is 14.7 Å². The Hall–Kier alpha value is -1.84. The van der Waals surface area contributed by atoms with Crippen LogP contribution in [0.2, 0.25) is 0 Å². The number of carbonyl (C=O) groups is 2. The molecule has 1 saturated carbocycles. The normalized spacial score (nSPS) is 18.2. The molecule has 4 heteroatoms. The third kappa shape index (κ3) is 3.43. The highest BCUT2D eigenvalue weighted by molar-refractivity contribution is 5.85. The minimum absolute atomic E-state index is 0.0819. The molecule has 0 bridgehead atoms. The molecule has 1 aromatic carbocycles. The van der Waals surface area contributed by atoms with Crippen LogP contribution in [0, 0.1) is 12.3 Å². The standard InChI is InChI=1S/C17H23NO3/c1-12-7-3-4-8-14(12)13(2)18-15(19)11-17(16(20)21)9-5-6-10-17/h3-4,7-8,13H,5-6,9-11H2,1-2H3,(H,18,19)(H,20,21). The SMILES string of the molecule is Cc1ccccc1C(C)NC(=O)CC1(C(=O)O)CCCC1. The van der Waals surface area contributed by atoms with E-state index in [1.54, 1.807) is 0 Å². The summed E-state index contributed by atoms with van der Waals surface area (Å²) in [6.45, 7) is 3.94. The van der Waals surface area contributed by atoms with Crippen molar-refractivity contribution in [3.63, 3.8) is 0 Å². The van der Waals surface area contributed by atoms with Crippen molar-refractivity contribution in [3.8, 4) is 0 Å². The van der Waals surface area contributed by atoms with Crippen molar-refractivity contribution in [1.29, 1.82) is 0 Å². The first-order chi connectivity index (χ1) is 9.94. The van der Waals surface area contributed by atoms with Crippen LogP contribution in [-0.4, -0.2) is 17.0 Å². The second-order valence-electron chi connectivity index (χ2n) is 6.12. The molecule has 0 aliphatic heterocycles. The molecule has 1 fully saturated rings. The predicted molar refractivity (Wildman–Crippen MR) is 80.9 cm³/mol. The molecule has 0 spiro atoms. The maximum Gasteiger partial charge on any atom is 0.310 e. The number of amides is 1. The van der Waals surface area contributed by atoms with Crippen molar-refractivity contribution >= 4 is 11.9 Å². The van der Waals surface area contributed by atoms with Crippen LogP contribution in [0.5, 0.6) is 0 Å². The summed E-state index contributed by atoms with van der Waals surface area (Å²) in [5.74, 6) is -1.01. The summed E-state index contributed by atoms with van der Waals surface area (Å²) in [5, 5.41) is 12.4. The van der Waals surface area contributed by atoms with Crippen LogP contribution < -0.4 is 5.32 Å². The smallest absolute Gasteiger partial charge is 0.310 e. The molecule has 1 unspecified atom stereocenters. The van der Waals surface area contributed by atoms with Gasteiger partial charge in [-0.15, -0.1) is 0 Å². The van der Waals surface area contributed by atoms with Crippen LogP contribution in [0.1, 0.15) is 56.2 Å². The highest BCUT2D eigenvalue weighted by atomic mass is 16.4. The van der Waals surface area contributed by atoms with E-state index in [1.807, 2.05) is 38.1 Å². The predicted octanol–water partition coefficient (Wildman–Crippen LogP) is 3.21. The van der Waals surface area contributed by atoms with Gasteiger partial charge in [-0.1, -0.05) is 37.1 Å².